The Balaban J connectivity index is 0.845. The van der Waals surface area contributed by atoms with Gasteiger partial charge in [-0.1, -0.05) is 18.3 Å². The van der Waals surface area contributed by atoms with E-state index in [1.807, 2.05) is 11.8 Å². The Bertz CT molecular complexity index is 3100. The topological polar surface area (TPSA) is 493 Å². The van der Waals surface area contributed by atoms with E-state index in [-0.39, 0.29) is 109 Å². The van der Waals surface area contributed by atoms with E-state index < -0.39 is 83.4 Å². The Morgan fingerprint density at radius 3 is 2.26 bits per heavy atom. The number of carbonyl (C=O) groups is 4. The summed E-state index contributed by atoms with van der Waals surface area (Å²) in [5.74, 6) is 5.66. The van der Waals surface area contributed by atoms with Crippen molar-refractivity contribution >= 4 is 81.8 Å². The molecule has 5 amide bonds. The van der Waals surface area contributed by atoms with E-state index >= 15 is 0 Å². The number of nitro groups is 1. The van der Waals surface area contributed by atoms with Crippen molar-refractivity contribution < 1.29 is 109 Å². The summed E-state index contributed by atoms with van der Waals surface area (Å²) in [7, 11) is -15.7. The van der Waals surface area contributed by atoms with E-state index in [9.17, 15) is 62.7 Å². The Morgan fingerprint density at radius 2 is 1.60 bits per heavy atom. The maximum Gasteiger partial charge on any atom is 0.490 e. The number of ether oxygens (including phenoxy) is 7. The molecule has 0 radical (unpaired) electrons. The highest BCUT2D eigenvalue weighted by Gasteiger charge is 2.44. The third-order valence-corrected chi connectivity index (χ3v) is 17.9. The smallest absolute Gasteiger partial charge is 0.490 e. The summed E-state index contributed by atoms with van der Waals surface area (Å²) in [6.45, 7) is 2.48. The van der Waals surface area contributed by atoms with Crippen molar-refractivity contribution in [1.82, 2.24) is 41.1 Å². The van der Waals surface area contributed by atoms with Crippen LogP contribution >= 0.6 is 35.2 Å². The molecule has 13 N–H and O–H groups in total. The molecule has 3 aliphatic rings. The van der Waals surface area contributed by atoms with Gasteiger partial charge in [-0.3, -0.25) is 34.0 Å². The summed E-state index contributed by atoms with van der Waals surface area (Å²) in [6, 6.07) is 2.63. The Labute approximate surface area is 488 Å². The van der Waals surface area contributed by atoms with Crippen LogP contribution in [0.2, 0.25) is 0 Å². The second kappa shape index (κ2) is 32.1. The first kappa shape index (κ1) is 68.2. The summed E-state index contributed by atoms with van der Waals surface area (Å²) in [5.41, 5.74) is 4.42. The Kier molecular flexibility index (Phi) is 25.8. The van der Waals surface area contributed by atoms with Crippen molar-refractivity contribution in [1.29, 1.82) is 0 Å². The van der Waals surface area contributed by atoms with Gasteiger partial charge in [-0.15, -0.1) is 0 Å². The number of amides is 5. The molecule has 0 saturated carbocycles. The number of alkyl carbamates (subject to hydrolysis) is 1. The molecule has 85 heavy (non-hydrogen) atoms. The average Bonchev–Trinajstić information content (AvgIpc) is 1.99. The number of phosphoric acid groups is 3. The van der Waals surface area contributed by atoms with Crippen LogP contribution in [0.5, 0.6) is 11.5 Å². The van der Waals surface area contributed by atoms with E-state index in [1.165, 1.54) is 30.9 Å². The van der Waals surface area contributed by atoms with Crippen molar-refractivity contribution in [3.05, 3.63) is 49.9 Å². The molecule has 0 bridgehead atoms. The monoisotopic (exact) mass is 1280 g/mol. The number of nitrogens with two attached hydrogens (primary N) is 1. The zero-order valence-corrected chi connectivity index (χ0v) is 49.3. The molecule has 3 fully saturated rings. The van der Waals surface area contributed by atoms with Crippen molar-refractivity contribution in [3.63, 3.8) is 0 Å². The van der Waals surface area contributed by atoms with Crippen molar-refractivity contribution in [2.75, 3.05) is 91.1 Å². The number of unbranched alkanes of at least 4 members (excludes halogenated alkanes) is 1. The number of hydrogen-bond acceptors (Lipinski definition) is 24. The normalized spacial score (nSPS) is 20.9. The van der Waals surface area contributed by atoms with Crippen LogP contribution in [-0.4, -0.2) is 183 Å². The van der Waals surface area contributed by atoms with Gasteiger partial charge in [-0.25, -0.2) is 23.3 Å². The van der Waals surface area contributed by atoms with Crippen molar-refractivity contribution in [2.24, 2.45) is 0 Å². The number of urea groups is 1. The van der Waals surface area contributed by atoms with E-state index in [4.69, 9.17) is 48.7 Å². The number of nitrogens with zero attached hydrogens (tertiary/aromatic N) is 3. The van der Waals surface area contributed by atoms with Gasteiger partial charge in [-0.05, 0) is 32.3 Å². The van der Waals surface area contributed by atoms with Crippen molar-refractivity contribution in [3.8, 4) is 23.3 Å². The summed E-state index contributed by atoms with van der Waals surface area (Å²) < 4.78 is 86.8. The van der Waals surface area contributed by atoms with Crippen molar-refractivity contribution in [2.45, 2.75) is 93.7 Å². The van der Waals surface area contributed by atoms with E-state index in [0.717, 1.165) is 31.1 Å². The number of benzene rings is 1. The van der Waals surface area contributed by atoms with Gasteiger partial charge in [0.1, 0.15) is 18.4 Å². The minimum atomic E-state index is -5.83. The van der Waals surface area contributed by atoms with Gasteiger partial charge in [0.25, 0.3) is 11.2 Å². The number of aliphatic hydroxyl groups excluding tert-OH is 1. The van der Waals surface area contributed by atoms with E-state index in [0.29, 0.717) is 51.2 Å². The molecule has 39 heteroatoms. The molecule has 0 spiro atoms. The molecular weight excluding hydrogens is 1220 g/mol. The number of nitrogen functional groups attached to an aromatic ring is 1. The van der Waals surface area contributed by atoms with Crippen LogP contribution in [0.1, 0.15) is 75.3 Å². The lowest BCUT2D eigenvalue weighted by Crippen LogP contribution is -2.36. The summed E-state index contributed by atoms with van der Waals surface area (Å²) >= 11 is 1.86. The first-order chi connectivity index (χ1) is 40.3. The van der Waals surface area contributed by atoms with Crippen LogP contribution in [0.3, 0.4) is 0 Å². The lowest BCUT2D eigenvalue weighted by Gasteiger charge is -2.19. The molecular formula is C46H67N10O25P3S. The molecule has 3 unspecified atom stereocenters. The number of rotatable bonds is 35. The molecule has 0 aliphatic carbocycles. The summed E-state index contributed by atoms with van der Waals surface area (Å²) in [5, 5.41) is 37.0. The van der Waals surface area contributed by atoms with Crippen LogP contribution in [0.15, 0.2) is 23.1 Å². The molecule has 5 heterocycles. The van der Waals surface area contributed by atoms with Crippen LogP contribution in [0.4, 0.5) is 21.2 Å². The predicted molar refractivity (Wildman–Crippen MR) is 296 cm³/mol. The highest BCUT2D eigenvalue weighted by atomic mass is 32.2. The molecule has 3 aliphatic heterocycles. The largest absolute Gasteiger partial charge is 0.493 e. The Hall–Kier alpha value is -5.96. The first-order valence-electron chi connectivity index (χ1n) is 26.2. The SMILES string of the molecule is COc1cc(C(C)OC(=O)NCC#Cc2cn([C@H]3C[C@H](O)[C@@H](COP(=O)(O)OP(=O)(O)OP(=O)(O)O)O3)c3nc(N)[nH]c(=O)c23)c([N+](=O)[O-])cc1OCCCC(=O)NCCOCCOCCOCCNC(=O)CCCC[C@@H]1SC[C@@H]2NC(=O)N[C@@H]21. The number of anilines is 1. The van der Waals surface area contributed by atoms with Gasteiger partial charge >= 0.3 is 35.6 Å². The Morgan fingerprint density at radius 1 is 0.929 bits per heavy atom. The number of thioether (sulfide) groups is 1. The zero-order chi connectivity index (χ0) is 61.9. The quantitative estimate of drug-likeness (QED) is 0.00983. The first-order valence-corrected chi connectivity index (χ1v) is 31.8. The molecule has 2 aromatic heterocycles. The van der Waals surface area contributed by atoms with Crippen LogP contribution < -0.4 is 47.4 Å². The summed E-state index contributed by atoms with van der Waals surface area (Å²) in [6.07, 6.45) is -1.94. The number of methoxy groups -OCH3 is 1. The number of H-pyrrole nitrogens is 1. The lowest BCUT2D eigenvalue weighted by molar-refractivity contribution is -0.386. The fourth-order valence-corrected chi connectivity index (χ4v) is 13.3. The predicted octanol–water partition coefficient (Wildman–Crippen LogP) is 1.22. The molecule has 1 aromatic carbocycles. The fraction of sp³-hybridized carbons (Fsp3) is 0.609. The van der Waals surface area contributed by atoms with Crippen LogP contribution in [0, 0.1) is 22.0 Å². The maximum atomic E-state index is 13.0. The number of nitro benzene ring substituents is 1. The van der Waals surface area contributed by atoms with Gasteiger partial charge in [0.2, 0.25) is 17.8 Å². The number of hydrogen-bond donors (Lipinski definition) is 12. The van der Waals surface area contributed by atoms with E-state index in [1.54, 1.807) is 0 Å². The third kappa shape index (κ3) is 21.7. The highest BCUT2D eigenvalue weighted by Crippen LogP contribution is 2.66. The second-order valence-corrected chi connectivity index (χ2v) is 24.5. The van der Waals surface area contributed by atoms with Crippen LogP contribution in [-0.2, 0) is 60.1 Å². The number of aliphatic hydroxyl groups is 1. The van der Waals surface area contributed by atoms with E-state index in [2.05, 4.69) is 61.5 Å². The number of fused-ring (bicyclic) bond motifs is 2. The molecule has 472 valence electrons. The van der Waals surface area contributed by atoms with Crippen LogP contribution in [0.25, 0.3) is 11.0 Å². The molecule has 3 saturated heterocycles. The summed E-state index contributed by atoms with van der Waals surface area (Å²) in [4.78, 5) is 117. The molecule has 6 rings (SSSR count). The molecule has 3 aromatic rings. The standard InChI is InChI=1S/C46H67N10O25P3S/c1-27(78-46(62)50-11-5-7-28-24-55(42-40(28)43(60)54-44(47)53-42)39-23-32(57)35(79-39)25-77-83(68,69)81-84(70,71)80-82(65,66)67)29-21-33(72-2)34(22-31(29)56(63)64)76-14-6-10-38(59)49-13-16-74-18-20-75-19-17-73-15-12-48-37(58)9-4-3-8-36-41-30(26-85-36)51-45(61)52-41/h21-22,24,27,30,32,35-36,39,41,57H,3-4,6,8-20,23,25-26H2,1-2H3,(H,48,58)(H,49,59)(H,50,62)(H,68,69)(H,70,71)(H2,51,52,61)(H2,65,66,67)(H3,47,53,54,60)/t27?,30-,32-,35+,36-,39+,41-/m0/s1. The number of nitrogens with one attached hydrogen (secondary N) is 6. The van der Waals surface area contributed by atoms with Gasteiger partial charge in [0.05, 0.1) is 112 Å². The number of aromatic amines is 1. The number of aromatic nitrogens is 3. The molecule has 9 atom stereocenters. The van der Waals surface area contributed by atoms with Gasteiger partial charge in [0.15, 0.2) is 17.1 Å². The minimum absolute atomic E-state index is 0.00784. The van der Waals surface area contributed by atoms with Gasteiger partial charge in [-0.2, -0.15) is 25.4 Å². The average molecular weight is 1290 g/mol. The highest BCUT2D eigenvalue weighted by molar-refractivity contribution is 8.00. The van der Waals surface area contributed by atoms with Gasteiger partial charge < -0.3 is 94.7 Å². The lowest BCUT2D eigenvalue weighted by atomic mass is 10.0. The fourth-order valence-electron chi connectivity index (χ4n) is 8.77. The number of phosphoric ester groups is 1. The number of carbonyl (C=O) groups excluding carboxylic acids is 4. The molecule has 35 nitrogen and oxygen atoms in total. The minimum Gasteiger partial charge on any atom is -0.493 e. The van der Waals surface area contributed by atoms with Gasteiger partial charge in [0, 0.05) is 49.6 Å². The third-order valence-electron chi connectivity index (χ3n) is 12.6. The second-order valence-electron chi connectivity index (χ2n) is 18.8. The maximum absolute atomic E-state index is 13.0. The zero-order valence-electron chi connectivity index (χ0n) is 45.8.